The van der Waals surface area contributed by atoms with Crippen molar-refractivity contribution in [3.8, 4) is 0 Å². The van der Waals surface area contributed by atoms with Crippen molar-refractivity contribution in [2.24, 2.45) is 52.3 Å². The van der Waals surface area contributed by atoms with Crippen LogP contribution >= 0.6 is 0 Å². The molecule has 5 heteroatoms. The molecule has 4 aliphatic carbocycles. The molecule has 0 bridgehead atoms. The van der Waals surface area contributed by atoms with E-state index in [4.69, 9.17) is 9.47 Å². The molecule has 0 aromatic carbocycles. The monoisotopic (exact) mass is 446 g/mol. The number of aliphatic hydroxyl groups is 2. The molecule has 0 aromatic rings. The summed E-state index contributed by atoms with van der Waals surface area (Å²) in [5, 5.41) is 20.8. The quantitative estimate of drug-likeness (QED) is 0.589. The first-order valence-corrected chi connectivity index (χ1v) is 13.3. The van der Waals surface area contributed by atoms with Gasteiger partial charge in [0.15, 0.2) is 5.79 Å². The maximum atomic E-state index is 14.0. The highest BCUT2D eigenvalue weighted by molar-refractivity contribution is 5.87. The number of rotatable bonds is 0. The summed E-state index contributed by atoms with van der Waals surface area (Å²) in [4.78, 5) is 14.0. The standard InChI is InChI=1S/C27H42O5/c1-14-7-8-27(31-13-14)15(2)24-22(32-27)10-19-17-6-5-16-9-20(28)21(29)12-25(16,3)18(17)11-23(30)26(19,24)4/h14-22,24,28-29H,5-13H2,1-4H3/t14-,15-,16+,17+,18-,19-,20+,21-,22-,24-,25-,26+,27+/m0/s1. The average molecular weight is 447 g/mol. The van der Waals surface area contributed by atoms with E-state index < -0.39 is 18.0 Å². The lowest BCUT2D eigenvalue weighted by atomic mass is 9.43. The third-order valence-electron chi connectivity index (χ3n) is 11.8. The normalized spacial score (nSPS) is 61.8. The third-order valence-corrected chi connectivity index (χ3v) is 11.8. The number of hydrogen-bond donors (Lipinski definition) is 2. The van der Waals surface area contributed by atoms with E-state index in [0.29, 0.717) is 54.6 Å². The zero-order valence-electron chi connectivity index (χ0n) is 20.3. The van der Waals surface area contributed by atoms with Crippen molar-refractivity contribution in [1.29, 1.82) is 0 Å². The smallest absolute Gasteiger partial charge is 0.171 e. The van der Waals surface area contributed by atoms with E-state index in [1.54, 1.807) is 0 Å². The Morgan fingerprint density at radius 3 is 2.50 bits per heavy atom. The zero-order valence-corrected chi connectivity index (χ0v) is 20.3. The van der Waals surface area contributed by atoms with Crippen molar-refractivity contribution in [3.63, 3.8) is 0 Å². The van der Waals surface area contributed by atoms with Crippen LogP contribution < -0.4 is 0 Å². The number of aliphatic hydroxyl groups excluding tert-OH is 2. The fraction of sp³-hybridized carbons (Fsp3) is 0.963. The first-order chi connectivity index (χ1) is 15.1. The Kier molecular flexibility index (Phi) is 4.83. The van der Waals surface area contributed by atoms with Crippen LogP contribution in [0.5, 0.6) is 0 Å². The molecule has 6 fully saturated rings. The van der Waals surface area contributed by atoms with E-state index in [1.807, 2.05) is 0 Å². The van der Waals surface area contributed by atoms with E-state index in [2.05, 4.69) is 27.7 Å². The molecule has 32 heavy (non-hydrogen) atoms. The summed E-state index contributed by atoms with van der Waals surface area (Å²) in [6.07, 6.45) is 6.12. The number of ether oxygens (including phenoxy) is 2. The fourth-order valence-corrected chi connectivity index (χ4v) is 9.97. The van der Waals surface area contributed by atoms with E-state index in [9.17, 15) is 15.0 Å². The van der Waals surface area contributed by atoms with Gasteiger partial charge in [-0.2, -0.15) is 0 Å². The Balaban J connectivity index is 1.30. The minimum Gasteiger partial charge on any atom is -0.390 e. The van der Waals surface area contributed by atoms with Crippen molar-refractivity contribution in [2.45, 2.75) is 103 Å². The van der Waals surface area contributed by atoms with Gasteiger partial charge in [-0.3, -0.25) is 4.79 Å². The maximum absolute atomic E-state index is 14.0. The number of carbonyl (C=O) groups is 1. The van der Waals surface area contributed by atoms with Gasteiger partial charge in [0.05, 0.1) is 24.9 Å². The molecule has 0 aromatic heterocycles. The Morgan fingerprint density at radius 2 is 1.78 bits per heavy atom. The molecule has 0 unspecified atom stereocenters. The van der Waals surface area contributed by atoms with Crippen LogP contribution in [0.3, 0.4) is 0 Å². The summed E-state index contributed by atoms with van der Waals surface area (Å²) in [5.41, 5.74) is -0.371. The summed E-state index contributed by atoms with van der Waals surface area (Å²) < 4.78 is 13.2. The fourth-order valence-electron chi connectivity index (χ4n) is 9.97. The van der Waals surface area contributed by atoms with Crippen LogP contribution in [0.15, 0.2) is 0 Å². The molecule has 4 saturated carbocycles. The lowest BCUT2D eigenvalue weighted by Gasteiger charge is -2.61. The number of fused-ring (bicyclic) bond motifs is 7. The number of hydrogen-bond acceptors (Lipinski definition) is 5. The van der Waals surface area contributed by atoms with Gasteiger partial charge in [0, 0.05) is 30.1 Å². The van der Waals surface area contributed by atoms with E-state index in [-0.39, 0.29) is 28.8 Å². The van der Waals surface area contributed by atoms with Crippen LogP contribution in [-0.2, 0) is 14.3 Å². The Morgan fingerprint density at radius 1 is 1.00 bits per heavy atom. The van der Waals surface area contributed by atoms with Crippen LogP contribution in [-0.4, -0.2) is 46.7 Å². The molecule has 0 amide bonds. The van der Waals surface area contributed by atoms with Crippen LogP contribution in [0.4, 0.5) is 0 Å². The molecule has 6 aliphatic rings. The molecule has 0 radical (unpaired) electrons. The minimum atomic E-state index is -0.657. The molecule has 13 atom stereocenters. The van der Waals surface area contributed by atoms with Crippen molar-refractivity contribution < 1.29 is 24.5 Å². The van der Waals surface area contributed by atoms with Crippen molar-refractivity contribution in [3.05, 3.63) is 0 Å². The van der Waals surface area contributed by atoms with Gasteiger partial charge in [-0.25, -0.2) is 0 Å². The third kappa shape index (κ3) is 2.69. The molecule has 180 valence electrons. The molecule has 2 aliphatic heterocycles. The van der Waals surface area contributed by atoms with Gasteiger partial charge in [-0.15, -0.1) is 0 Å². The van der Waals surface area contributed by atoms with Gasteiger partial charge in [0.1, 0.15) is 5.78 Å². The summed E-state index contributed by atoms with van der Waals surface area (Å²) >= 11 is 0. The average Bonchev–Trinajstić information content (AvgIpc) is 3.19. The van der Waals surface area contributed by atoms with Gasteiger partial charge in [0.2, 0.25) is 0 Å². The van der Waals surface area contributed by atoms with Crippen molar-refractivity contribution in [1.82, 2.24) is 0 Å². The van der Waals surface area contributed by atoms with Crippen molar-refractivity contribution in [2.75, 3.05) is 6.61 Å². The molecule has 5 nitrogen and oxygen atoms in total. The van der Waals surface area contributed by atoms with Gasteiger partial charge in [-0.1, -0.05) is 27.7 Å². The zero-order chi connectivity index (χ0) is 22.6. The van der Waals surface area contributed by atoms with Gasteiger partial charge < -0.3 is 19.7 Å². The van der Waals surface area contributed by atoms with Crippen LogP contribution in [0, 0.1) is 52.3 Å². The highest BCUT2D eigenvalue weighted by Gasteiger charge is 2.71. The van der Waals surface area contributed by atoms with Crippen molar-refractivity contribution >= 4 is 5.78 Å². The summed E-state index contributed by atoms with van der Waals surface area (Å²) in [6, 6.07) is 0. The minimum absolute atomic E-state index is 0.0490. The molecule has 2 N–H and O–H groups in total. The highest BCUT2D eigenvalue weighted by Crippen LogP contribution is 2.70. The first kappa shape index (κ1) is 22.0. The maximum Gasteiger partial charge on any atom is 0.171 e. The van der Waals surface area contributed by atoms with Gasteiger partial charge in [-0.05, 0) is 73.5 Å². The Labute approximate surface area is 192 Å². The molecule has 1 spiro atoms. The largest absolute Gasteiger partial charge is 0.390 e. The molecular weight excluding hydrogens is 404 g/mol. The van der Waals surface area contributed by atoms with Crippen LogP contribution in [0.1, 0.15) is 79.1 Å². The predicted molar refractivity (Wildman–Crippen MR) is 120 cm³/mol. The van der Waals surface area contributed by atoms with E-state index >= 15 is 0 Å². The first-order valence-electron chi connectivity index (χ1n) is 13.3. The van der Waals surface area contributed by atoms with Crippen LogP contribution in [0.2, 0.25) is 0 Å². The SMILES string of the molecule is C[C@H]1CC[C@@]2(OC1)O[C@H]1C[C@H]3[C@@H]4CC[C@@H]5C[C@@H](O)[C@@H](O)C[C@]5(C)[C@H]4CC(=O)[C@]3(C)[C@H]1[C@@H]2C. The van der Waals surface area contributed by atoms with Gasteiger partial charge >= 0.3 is 0 Å². The predicted octanol–water partition coefficient (Wildman–Crippen LogP) is 3.94. The lowest BCUT2D eigenvalue weighted by molar-refractivity contribution is -0.272. The Bertz CT molecular complexity index is 789. The second-order valence-corrected chi connectivity index (χ2v) is 13.1. The molecule has 2 saturated heterocycles. The molecule has 2 heterocycles. The number of Topliss-reactive ketones (excluding diaryl/α,β-unsaturated/α-hetero) is 1. The molecular formula is C27H42O5. The topological polar surface area (TPSA) is 76.0 Å². The summed E-state index contributed by atoms with van der Waals surface area (Å²) in [6.45, 7) is 9.86. The molecule has 6 rings (SSSR count). The summed E-state index contributed by atoms with van der Waals surface area (Å²) in [7, 11) is 0. The second-order valence-electron chi connectivity index (χ2n) is 13.1. The van der Waals surface area contributed by atoms with Gasteiger partial charge in [0.25, 0.3) is 0 Å². The number of ketones is 1. The van der Waals surface area contributed by atoms with Crippen LogP contribution in [0.25, 0.3) is 0 Å². The highest BCUT2D eigenvalue weighted by atomic mass is 16.7. The Hall–Kier alpha value is -0.490. The lowest BCUT2D eigenvalue weighted by Crippen LogP contribution is -2.59. The second kappa shape index (κ2) is 7.02. The van der Waals surface area contributed by atoms with E-state index in [1.165, 1.54) is 0 Å². The van der Waals surface area contributed by atoms with E-state index in [0.717, 1.165) is 38.7 Å². The summed E-state index contributed by atoms with van der Waals surface area (Å²) in [5.74, 6) is 2.64. The number of carbonyl (C=O) groups excluding carboxylic acids is 1.